The van der Waals surface area contributed by atoms with E-state index < -0.39 is 42.5 Å². The van der Waals surface area contributed by atoms with E-state index in [2.05, 4.69) is 10.0 Å². The standard InChI is InChI=1S/C17H28N2O6S3/c1-6-17(5,15(21)11(4)20)19-28(24,25)14-9-12-13(18-7-2)8-10(3)27(22,23)16(12)26-14/h9-11,13,18-20H,6-8H2,1-5H3/t10-,11-,13?,17?/m0/s1. The summed E-state index contributed by atoms with van der Waals surface area (Å²) in [7, 11) is -7.78. The molecular weight excluding hydrogens is 424 g/mol. The number of carbonyl (C=O) groups excluding carboxylic acids is 1. The minimum absolute atomic E-state index is 0.0534. The van der Waals surface area contributed by atoms with Gasteiger partial charge in [-0.15, -0.1) is 11.3 Å². The Kier molecular flexibility index (Phi) is 6.79. The van der Waals surface area contributed by atoms with Crippen LogP contribution in [0.4, 0.5) is 0 Å². The van der Waals surface area contributed by atoms with Gasteiger partial charge in [-0.2, -0.15) is 4.72 Å². The number of hydrogen-bond acceptors (Lipinski definition) is 8. The summed E-state index contributed by atoms with van der Waals surface area (Å²) in [5.74, 6) is -0.647. The highest BCUT2D eigenvalue weighted by Crippen LogP contribution is 2.43. The van der Waals surface area contributed by atoms with Crippen molar-refractivity contribution in [1.82, 2.24) is 10.0 Å². The van der Waals surface area contributed by atoms with Crippen molar-refractivity contribution in [3.63, 3.8) is 0 Å². The van der Waals surface area contributed by atoms with E-state index in [0.717, 1.165) is 0 Å². The van der Waals surface area contributed by atoms with Crippen molar-refractivity contribution in [1.29, 1.82) is 0 Å². The fourth-order valence-corrected chi connectivity index (χ4v) is 8.72. The van der Waals surface area contributed by atoms with Crippen LogP contribution in [0.2, 0.25) is 0 Å². The summed E-state index contributed by atoms with van der Waals surface area (Å²) >= 11 is 0.702. The number of sulfonamides is 1. The van der Waals surface area contributed by atoms with Gasteiger partial charge >= 0.3 is 0 Å². The molecule has 0 saturated carbocycles. The number of sulfone groups is 1. The average Bonchev–Trinajstić information content (AvgIpc) is 3.06. The molecule has 2 heterocycles. The van der Waals surface area contributed by atoms with Crippen molar-refractivity contribution in [2.45, 2.75) is 78.8 Å². The molecule has 2 unspecified atom stereocenters. The van der Waals surface area contributed by atoms with E-state index in [1.807, 2.05) is 6.92 Å². The smallest absolute Gasteiger partial charge is 0.251 e. The number of carbonyl (C=O) groups is 1. The highest BCUT2D eigenvalue weighted by molar-refractivity contribution is 7.95. The zero-order chi connectivity index (χ0) is 21.5. The van der Waals surface area contributed by atoms with Crippen LogP contribution in [0, 0.1) is 0 Å². The van der Waals surface area contributed by atoms with Crippen molar-refractivity contribution in [2.24, 2.45) is 0 Å². The second kappa shape index (κ2) is 8.11. The first-order chi connectivity index (χ1) is 12.8. The molecular formula is C17H28N2O6S3. The van der Waals surface area contributed by atoms with Crippen molar-refractivity contribution in [3.8, 4) is 0 Å². The van der Waals surface area contributed by atoms with Crippen LogP contribution >= 0.6 is 11.3 Å². The predicted octanol–water partition coefficient (Wildman–Crippen LogP) is 1.36. The van der Waals surface area contributed by atoms with E-state index in [4.69, 9.17) is 0 Å². The van der Waals surface area contributed by atoms with Gasteiger partial charge in [0.1, 0.15) is 14.5 Å². The van der Waals surface area contributed by atoms with Gasteiger partial charge in [0.2, 0.25) is 0 Å². The third-order valence-corrected chi connectivity index (χ3v) is 11.1. The largest absolute Gasteiger partial charge is 0.386 e. The van der Waals surface area contributed by atoms with E-state index in [1.54, 1.807) is 13.8 Å². The first-order valence-corrected chi connectivity index (χ1v) is 13.0. The first kappa shape index (κ1) is 23.4. The fraction of sp³-hybridized carbons (Fsp3) is 0.706. The van der Waals surface area contributed by atoms with Crippen molar-refractivity contribution in [2.75, 3.05) is 6.54 Å². The topological polar surface area (TPSA) is 130 Å². The quantitative estimate of drug-likeness (QED) is 0.543. The summed E-state index contributed by atoms with van der Waals surface area (Å²) in [5, 5.41) is 12.2. The minimum atomic E-state index is -4.16. The molecule has 4 atom stereocenters. The van der Waals surface area contributed by atoms with Crippen LogP contribution in [0.25, 0.3) is 0 Å². The lowest BCUT2D eigenvalue weighted by molar-refractivity contribution is -0.131. The fourth-order valence-electron chi connectivity index (χ4n) is 3.28. The molecule has 8 nitrogen and oxygen atoms in total. The van der Waals surface area contributed by atoms with Gasteiger partial charge in [0.05, 0.1) is 10.8 Å². The molecule has 3 N–H and O–H groups in total. The van der Waals surface area contributed by atoms with Crippen molar-refractivity contribution < 1.29 is 26.7 Å². The number of aliphatic hydroxyl groups excluding tert-OH is 1. The van der Waals surface area contributed by atoms with Crippen LogP contribution in [-0.2, 0) is 24.7 Å². The summed E-state index contributed by atoms with van der Waals surface area (Å²) in [5.41, 5.74) is -1.05. The Morgan fingerprint density at radius 3 is 2.54 bits per heavy atom. The average molecular weight is 453 g/mol. The zero-order valence-corrected chi connectivity index (χ0v) is 19.1. The molecule has 28 heavy (non-hydrogen) atoms. The van der Waals surface area contributed by atoms with Crippen LogP contribution < -0.4 is 10.0 Å². The van der Waals surface area contributed by atoms with E-state index in [-0.39, 0.29) is 20.9 Å². The molecule has 1 aliphatic rings. The summed E-state index contributed by atoms with van der Waals surface area (Å²) in [6.45, 7) is 8.45. The molecule has 2 rings (SSSR count). The van der Waals surface area contributed by atoms with Gasteiger partial charge < -0.3 is 10.4 Å². The lowest BCUT2D eigenvalue weighted by atomic mass is 9.92. The molecule has 0 radical (unpaired) electrons. The van der Waals surface area contributed by atoms with Gasteiger partial charge in [-0.3, -0.25) is 4.79 Å². The molecule has 0 saturated heterocycles. The van der Waals surface area contributed by atoms with E-state index >= 15 is 0 Å². The number of hydrogen-bond donors (Lipinski definition) is 3. The molecule has 0 amide bonds. The van der Waals surface area contributed by atoms with E-state index in [9.17, 15) is 26.7 Å². The van der Waals surface area contributed by atoms with E-state index in [0.29, 0.717) is 29.9 Å². The van der Waals surface area contributed by atoms with Crippen LogP contribution in [0.15, 0.2) is 14.5 Å². The Labute approximate surface area is 170 Å². The second-order valence-electron chi connectivity index (χ2n) is 7.34. The van der Waals surface area contributed by atoms with Gasteiger partial charge in [-0.05, 0) is 46.2 Å². The molecule has 0 aromatic carbocycles. The van der Waals surface area contributed by atoms with Gasteiger partial charge in [0, 0.05) is 11.6 Å². The van der Waals surface area contributed by atoms with Crippen LogP contribution in [0.5, 0.6) is 0 Å². The summed E-state index contributed by atoms with van der Waals surface area (Å²) < 4.78 is 53.6. The number of nitrogens with one attached hydrogen (secondary N) is 2. The second-order valence-corrected chi connectivity index (χ2v) is 12.9. The molecule has 11 heteroatoms. The highest BCUT2D eigenvalue weighted by atomic mass is 32.3. The minimum Gasteiger partial charge on any atom is -0.386 e. The monoisotopic (exact) mass is 452 g/mol. The first-order valence-electron chi connectivity index (χ1n) is 9.17. The lowest BCUT2D eigenvalue weighted by Gasteiger charge is -2.28. The van der Waals surface area contributed by atoms with Crippen LogP contribution in [0.3, 0.4) is 0 Å². The molecule has 1 aromatic heterocycles. The lowest BCUT2D eigenvalue weighted by Crippen LogP contribution is -2.54. The Balaban J connectivity index is 2.52. The maximum atomic E-state index is 13.0. The molecule has 0 spiro atoms. The van der Waals surface area contributed by atoms with Crippen LogP contribution in [0.1, 0.15) is 59.1 Å². The predicted molar refractivity (Wildman–Crippen MR) is 108 cm³/mol. The number of Topliss-reactive ketones (excluding diaryl/α,β-unsaturated/α-hetero) is 1. The number of rotatable bonds is 8. The third-order valence-electron chi connectivity index (χ3n) is 5.14. The van der Waals surface area contributed by atoms with Crippen molar-refractivity contribution >= 4 is 37.0 Å². The Morgan fingerprint density at radius 1 is 1.43 bits per heavy atom. The molecule has 0 aliphatic carbocycles. The molecule has 1 aliphatic heterocycles. The molecule has 0 fully saturated rings. The van der Waals surface area contributed by atoms with Gasteiger partial charge in [0.15, 0.2) is 15.6 Å². The maximum Gasteiger partial charge on any atom is 0.251 e. The van der Waals surface area contributed by atoms with Crippen LogP contribution in [-0.4, -0.2) is 51.2 Å². The van der Waals surface area contributed by atoms with E-state index in [1.165, 1.54) is 19.9 Å². The molecule has 1 aromatic rings. The Hall–Kier alpha value is -0.850. The molecule has 0 bridgehead atoms. The Morgan fingerprint density at radius 2 is 2.04 bits per heavy atom. The maximum absolute atomic E-state index is 13.0. The summed E-state index contributed by atoms with van der Waals surface area (Å²) in [4.78, 5) is 12.3. The number of aliphatic hydroxyl groups is 1. The normalized spacial score (nSPS) is 24.9. The SMILES string of the molecule is CCNC1C[C@H](C)S(=O)(=O)c2sc(S(=O)(=O)NC(C)(CC)C(=O)[C@H](C)O)cc21. The zero-order valence-electron chi connectivity index (χ0n) is 16.6. The number of ketones is 1. The number of fused-ring (bicyclic) bond motifs is 1. The molecule has 160 valence electrons. The van der Waals surface area contributed by atoms with Crippen molar-refractivity contribution in [3.05, 3.63) is 11.6 Å². The van der Waals surface area contributed by atoms with Gasteiger partial charge in [-0.1, -0.05) is 13.8 Å². The summed E-state index contributed by atoms with van der Waals surface area (Å²) in [6.07, 6.45) is -0.834. The number of thiophene rings is 1. The van der Waals surface area contributed by atoms with Gasteiger partial charge in [0.25, 0.3) is 10.0 Å². The third kappa shape index (κ3) is 4.19. The Bertz CT molecular complexity index is 952. The van der Waals surface area contributed by atoms with Gasteiger partial charge in [-0.25, -0.2) is 16.8 Å². The highest BCUT2D eigenvalue weighted by Gasteiger charge is 2.42. The summed E-state index contributed by atoms with van der Waals surface area (Å²) in [6, 6.07) is 1.12.